The van der Waals surface area contributed by atoms with Crippen LogP contribution in [-0.4, -0.2) is 22.4 Å². The third kappa shape index (κ3) is 3.54. The van der Waals surface area contributed by atoms with Crippen LogP contribution in [0.3, 0.4) is 0 Å². The van der Waals surface area contributed by atoms with Crippen LogP contribution in [0.15, 0.2) is 60.9 Å². The Labute approximate surface area is 135 Å². The molecule has 3 rings (SSSR count). The van der Waals surface area contributed by atoms with Crippen LogP contribution in [-0.2, 0) is 0 Å². The van der Waals surface area contributed by atoms with Gasteiger partial charge in [0.2, 0.25) is 0 Å². The van der Waals surface area contributed by atoms with Crippen molar-refractivity contribution in [3.63, 3.8) is 0 Å². The normalized spacial score (nSPS) is 12.0. The van der Waals surface area contributed by atoms with Crippen LogP contribution in [0.1, 0.15) is 35.2 Å². The zero-order chi connectivity index (χ0) is 16.1. The second kappa shape index (κ2) is 7.01. The number of amides is 1. The summed E-state index contributed by atoms with van der Waals surface area (Å²) in [6.45, 7) is 2.76. The van der Waals surface area contributed by atoms with E-state index in [1.165, 1.54) is 5.56 Å². The van der Waals surface area contributed by atoms with E-state index in [9.17, 15) is 4.79 Å². The molecule has 0 aliphatic carbocycles. The van der Waals surface area contributed by atoms with E-state index in [0.29, 0.717) is 18.0 Å². The molecule has 0 spiro atoms. The van der Waals surface area contributed by atoms with Gasteiger partial charge in [-0.25, -0.2) is 0 Å². The Kier molecular flexibility index (Phi) is 4.62. The van der Waals surface area contributed by atoms with E-state index in [1.807, 2.05) is 24.3 Å². The van der Waals surface area contributed by atoms with E-state index in [1.54, 1.807) is 24.5 Å². The fourth-order valence-electron chi connectivity index (χ4n) is 2.65. The molecule has 0 saturated carbocycles. The standard InChI is InChI=1S/C19H19N3O/c1-2-14(15-6-4-3-5-7-15)13-22-19(23)16-8-9-17-18(12-16)21-11-10-20-17/h3-12,14H,2,13H2,1H3,(H,22,23). The van der Waals surface area contributed by atoms with Crippen molar-refractivity contribution in [3.8, 4) is 0 Å². The van der Waals surface area contributed by atoms with Crippen molar-refractivity contribution >= 4 is 16.9 Å². The predicted octanol–water partition coefficient (Wildman–Crippen LogP) is 3.55. The van der Waals surface area contributed by atoms with Crippen LogP contribution in [0.25, 0.3) is 11.0 Å². The van der Waals surface area contributed by atoms with Gasteiger partial charge >= 0.3 is 0 Å². The summed E-state index contributed by atoms with van der Waals surface area (Å²) in [5, 5.41) is 3.03. The highest BCUT2D eigenvalue weighted by Crippen LogP contribution is 2.18. The first-order valence-electron chi connectivity index (χ1n) is 7.82. The van der Waals surface area contributed by atoms with Gasteiger partial charge in [0.1, 0.15) is 0 Å². The van der Waals surface area contributed by atoms with E-state index in [0.717, 1.165) is 17.5 Å². The zero-order valence-corrected chi connectivity index (χ0v) is 13.1. The monoisotopic (exact) mass is 305 g/mol. The topological polar surface area (TPSA) is 54.9 Å². The molecule has 0 aliphatic rings. The molecule has 1 amide bonds. The maximum Gasteiger partial charge on any atom is 0.251 e. The van der Waals surface area contributed by atoms with Crippen LogP contribution in [0.4, 0.5) is 0 Å². The summed E-state index contributed by atoms with van der Waals surface area (Å²) in [5.74, 6) is 0.243. The molecule has 0 radical (unpaired) electrons. The van der Waals surface area contributed by atoms with E-state index >= 15 is 0 Å². The van der Waals surface area contributed by atoms with E-state index in [-0.39, 0.29) is 5.91 Å². The molecular formula is C19H19N3O. The van der Waals surface area contributed by atoms with Crippen molar-refractivity contribution in [3.05, 3.63) is 72.1 Å². The summed E-state index contributed by atoms with van der Waals surface area (Å²) in [6, 6.07) is 15.7. The maximum absolute atomic E-state index is 12.4. The quantitative estimate of drug-likeness (QED) is 0.784. The van der Waals surface area contributed by atoms with E-state index in [2.05, 4.69) is 34.3 Å². The molecule has 0 saturated heterocycles. The minimum absolute atomic E-state index is 0.0769. The number of benzene rings is 2. The van der Waals surface area contributed by atoms with Crippen molar-refractivity contribution in [2.24, 2.45) is 0 Å². The molecule has 116 valence electrons. The Hall–Kier alpha value is -2.75. The number of aromatic nitrogens is 2. The molecule has 23 heavy (non-hydrogen) atoms. The summed E-state index contributed by atoms with van der Waals surface area (Å²) in [6.07, 6.45) is 4.26. The Balaban J connectivity index is 1.70. The number of hydrogen-bond acceptors (Lipinski definition) is 3. The van der Waals surface area contributed by atoms with Gasteiger partial charge in [0.05, 0.1) is 11.0 Å². The largest absolute Gasteiger partial charge is 0.351 e. The SMILES string of the molecule is CCC(CNC(=O)c1ccc2nccnc2c1)c1ccccc1. The minimum Gasteiger partial charge on any atom is -0.351 e. The van der Waals surface area contributed by atoms with Crippen molar-refractivity contribution < 1.29 is 4.79 Å². The predicted molar refractivity (Wildman–Crippen MR) is 91.3 cm³/mol. The van der Waals surface area contributed by atoms with Crippen molar-refractivity contribution in [2.75, 3.05) is 6.54 Å². The Morgan fingerprint density at radius 1 is 1.04 bits per heavy atom. The Morgan fingerprint density at radius 3 is 2.52 bits per heavy atom. The molecule has 4 heteroatoms. The molecule has 0 fully saturated rings. The third-order valence-corrected chi connectivity index (χ3v) is 4.00. The number of rotatable bonds is 5. The lowest BCUT2D eigenvalue weighted by molar-refractivity contribution is 0.0951. The van der Waals surface area contributed by atoms with E-state index in [4.69, 9.17) is 0 Å². The third-order valence-electron chi connectivity index (χ3n) is 4.00. The molecule has 1 aromatic heterocycles. The highest BCUT2D eigenvalue weighted by Gasteiger charge is 2.12. The number of fused-ring (bicyclic) bond motifs is 1. The number of hydrogen-bond donors (Lipinski definition) is 1. The van der Waals surface area contributed by atoms with Crippen LogP contribution in [0.2, 0.25) is 0 Å². The fourth-order valence-corrected chi connectivity index (χ4v) is 2.65. The van der Waals surface area contributed by atoms with E-state index < -0.39 is 0 Å². The smallest absolute Gasteiger partial charge is 0.251 e. The van der Waals surface area contributed by atoms with Crippen LogP contribution in [0, 0.1) is 0 Å². The molecule has 1 atom stereocenters. The summed E-state index contributed by atoms with van der Waals surface area (Å²) in [5.41, 5.74) is 3.38. The lowest BCUT2D eigenvalue weighted by Crippen LogP contribution is -2.28. The molecule has 1 heterocycles. The summed E-state index contributed by atoms with van der Waals surface area (Å²) >= 11 is 0. The highest BCUT2D eigenvalue weighted by atomic mass is 16.1. The van der Waals surface area contributed by atoms with Gasteiger partial charge in [0.15, 0.2) is 0 Å². The first kappa shape index (κ1) is 15.2. The molecule has 2 aromatic carbocycles. The van der Waals surface area contributed by atoms with Gasteiger partial charge < -0.3 is 5.32 Å². The van der Waals surface area contributed by atoms with Crippen molar-refractivity contribution in [2.45, 2.75) is 19.3 Å². The van der Waals surface area contributed by atoms with Gasteiger partial charge in [-0.3, -0.25) is 14.8 Å². The van der Waals surface area contributed by atoms with Crippen LogP contribution >= 0.6 is 0 Å². The van der Waals surface area contributed by atoms with Crippen LogP contribution in [0.5, 0.6) is 0 Å². The molecule has 3 aromatic rings. The highest BCUT2D eigenvalue weighted by molar-refractivity contribution is 5.97. The first-order valence-corrected chi connectivity index (χ1v) is 7.82. The average Bonchev–Trinajstić information content (AvgIpc) is 2.62. The fraction of sp³-hybridized carbons (Fsp3) is 0.211. The molecule has 1 N–H and O–H groups in total. The summed E-state index contributed by atoms with van der Waals surface area (Å²) < 4.78 is 0. The zero-order valence-electron chi connectivity index (χ0n) is 13.1. The number of nitrogens with one attached hydrogen (secondary N) is 1. The molecular weight excluding hydrogens is 286 g/mol. The van der Waals surface area contributed by atoms with Crippen LogP contribution < -0.4 is 5.32 Å². The number of nitrogens with zero attached hydrogens (tertiary/aromatic N) is 2. The Bertz CT molecular complexity index is 802. The average molecular weight is 305 g/mol. The van der Waals surface area contributed by atoms with Gasteiger partial charge in [-0.2, -0.15) is 0 Å². The second-order valence-corrected chi connectivity index (χ2v) is 5.49. The lowest BCUT2D eigenvalue weighted by atomic mass is 9.96. The lowest BCUT2D eigenvalue weighted by Gasteiger charge is -2.16. The maximum atomic E-state index is 12.4. The van der Waals surface area contributed by atoms with Gasteiger partial charge in [-0.15, -0.1) is 0 Å². The Morgan fingerprint density at radius 2 is 1.78 bits per heavy atom. The minimum atomic E-state index is -0.0769. The number of carbonyl (C=O) groups is 1. The van der Waals surface area contributed by atoms with Gasteiger partial charge in [-0.1, -0.05) is 37.3 Å². The van der Waals surface area contributed by atoms with Crippen molar-refractivity contribution in [1.82, 2.24) is 15.3 Å². The first-order chi connectivity index (χ1) is 11.3. The van der Waals surface area contributed by atoms with Gasteiger partial charge in [-0.05, 0) is 30.2 Å². The molecule has 4 nitrogen and oxygen atoms in total. The van der Waals surface area contributed by atoms with Crippen molar-refractivity contribution in [1.29, 1.82) is 0 Å². The van der Waals surface area contributed by atoms with Gasteiger partial charge in [0.25, 0.3) is 5.91 Å². The molecule has 0 bridgehead atoms. The van der Waals surface area contributed by atoms with Gasteiger partial charge in [0, 0.05) is 30.4 Å². The molecule has 1 unspecified atom stereocenters. The second-order valence-electron chi connectivity index (χ2n) is 5.49. The summed E-state index contributed by atoms with van der Waals surface area (Å²) in [7, 11) is 0. The molecule has 0 aliphatic heterocycles. The number of carbonyl (C=O) groups excluding carboxylic acids is 1. The summed E-state index contributed by atoms with van der Waals surface area (Å²) in [4.78, 5) is 20.8.